The SMILES string of the molecule is COc1ccc2nc(C(C)Cl)n(Cc3cccnn3)c2n1. The lowest BCUT2D eigenvalue weighted by molar-refractivity contribution is 0.399. The van der Waals surface area contributed by atoms with Gasteiger partial charge >= 0.3 is 0 Å². The van der Waals surface area contributed by atoms with Crippen LogP contribution in [0.2, 0.25) is 0 Å². The quantitative estimate of drug-likeness (QED) is 0.693. The van der Waals surface area contributed by atoms with Crippen LogP contribution in [0.1, 0.15) is 23.8 Å². The molecule has 3 rings (SSSR count). The molecule has 0 aliphatic carbocycles. The third-order valence-corrected chi connectivity index (χ3v) is 3.30. The summed E-state index contributed by atoms with van der Waals surface area (Å²) in [6.07, 6.45) is 1.64. The maximum atomic E-state index is 6.24. The van der Waals surface area contributed by atoms with Gasteiger partial charge in [-0.15, -0.1) is 11.6 Å². The first-order valence-electron chi connectivity index (χ1n) is 6.51. The first-order valence-corrected chi connectivity index (χ1v) is 6.94. The van der Waals surface area contributed by atoms with Crippen molar-refractivity contribution >= 4 is 22.8 Å². The molecule has 0 spiro atoms. The van der Waals surface area contributed by atoms with Crippen LogP contribution in [0.25, 0.3) is 11.2 Å². The fourth-order valence-electron chi connectivity index (χ4n) is 2.15. The predicted octanol–water partition coefficient (Wildman–Crippen LogP) is 2.58. The third-order valence-electron chi connectivity index (χ3n) is 3.11. The highest BCUT2D eigenvalue weighted by molar-refractivity contribution is 6.20. The van der Waals surface area contributed by atoms with Crippen LogP contribution in [0.5, 0.6) is 5.88 Å². The normalized spacial score (nSPS) is 12.5. The van der Waals surface area contributed by atoms with Crippen LogP contribution < -0.4 is 4.74 Å². The van der Waals surface area contributed by atoms with Gasteiger partial charge in [-0.05, 0) is 25.1 Å². The molecule has 0 saturated heterocycles. The van der Waals surface area contributed by atoms with Crippen molar-refractivity contribution in [1.29, 1.82) is 0 Å². The molecule has 108 valence electrons. The van der Waals surface area contributed by atoms with Crippen molar-refractivity contribution in [3.63, 3.8) is 0 Å². The molecule has 0 fully saturated rings. The largest absolute Gasteiger partial charge is 0.481 e. The number of methoxy groups -OCH3 is 1. The number of hydrogen-bond acceptors (Lipinski definition) is 5. The maximum absolute atomic E-state index is 6.24. The molecule has 3 heterocycles. The maximum Gasteiger partial charge on any atom is 0.215 e. The summed E-state index contributed by atoms with van der Waals surface area (Å²) in [7, 11) is 1.59. The van der Waals surface area contributed by atoms with Crippen molar-refractivity contribution in [2.24, 2.45) is 0 Å². The van der Waals surface area contributed by atoms with E-state index in [-0.39, 0.29) is 5.38 Å². The van der Waals surface area contributed by atoms with E-state index in [2.05, 4.69) is 20.2 Å². The summed E-state index contributed by atoms with van der Waals surface area (Å²) in [5, 5.41) is 7.76. The van der Waals surface area contributed by atoms with Crippen molar-refractivity contribution in [2.75, 3.05) is 7.11 Å². The predicted molar refractivity (Wildman–Crippen MR) is 79.5 cm³/mol. The van der Waals surface area contributed by atoms with E-state index < -0.39 is 0 Å². The van der Waals surface area contributed by atoms with Gasteiger partial charge in [0.15, 0.2) is 5.65 Å². The Morgan fingerprint density at radius 2 is 2.14 bits per heavy atom. The number of alkyl halides is 1. The second-order valence-electron chi connectivity index (χ2n) is 4.58. The Labute approximate surface area is 126 Å². The van der Waals surface area contributed by atoms with Crippen LogP contribution in [-0.4, -0.2) is 31.8 Å². The molecule has 0 saturated carbocycles. The lowest BCUT2D eigenvalue weighted by Crippen LogP contribution is -2.08. The molecule has 0 aliphatic heterocycles. The highest BCUT2D eigenvalue weighted by Gasteiger charge is 2.17. The van der Waals surface area contributed by atoms with Crippen molar-refractivity contribution in [2.45, 2.75) is 18.8 Å². The van der Waals surface area contributed by atoms with Crippen LogP contribution in [0.4, 0.5) is 0 Å². The first-order chi connectivity index (χ1) is 10.2. The van der Waals surface area contributed by atoms with E-state index >= 15 is 0 Å². The molecule has 0 aliphatic rings. The van der Waals surface area contributed by atoms with Gasteiger partial charge in [-0.1, -0.05) is 0 Å². The van der Waals surface area contributed by atoms with Crippen LogP contribution in [0.3, 0.4) is 0 Å². The second-order valence-corrected chi connectivity index (χ2v) is 5.24. The minimum Gasteiger partial charge on any atom is -0.481 e. The van der Waals surface area contributed by atoms with Crippen LogP contribution in [-0.2, 0) is 6.54 Å². The summed E-state index contributed by atoms with van der Waals surface area (Å²) in [5.74, 6) is 1.29. The Morgan fingerprint density at radius 3 is 2.81 bits per heavy atom. The molecule has 0 N–H and O–H groups in total. The Kier molecular flexibility index (Phi) is 3.70. The number of fused-ring (bicyclic) bond motifs is 1. The summed E-state index contributed by atoms with van der Waals surface area (Å²) in [6.45, 7) is 2.39. The van der Waals surface area contributed by atoms with E-state index in [0.717, 1.165) is 22.7 Å². The van der Waals surface area contributed by atoms with Crippen molar-refractivity contribution in [3.8, 4) is 5.88 Å². The van der Waals surface area contributed by atoms with Crippen molar-refractivity contribution < 1.29 is 4.74 Å². The standard InChI is InChI=1S/C14H14ClN5O/c1-9(15)13-17-11-5-6-12(21-2)18-14(11)20(13)8-10-4-3-7-16-19-10/h3-7,9H,8H2,1-2H3. The van der Waals surface area contributed by atoms with E-state index in [9.17, 15) is 0 Å². The fourth-order valence-corrected chi connectivity index (χ4v) is 2.32. The minimum atomic E-state index is -0.234. The highest BCUT2D eigenvalue weighted by Crippen LogP contribution is 2.25. The number of pyridine rings is 1. The summed E-state index contributed by atoms with van der Waals surface area (Å²) in [4.78, 5) is 9.01. The smallest absolute Gasteiger partial charge is 0.215 e. The number of rotatable bonds is 4. The second kappa shape index (κ2) is 5.65. The molecular formula is C14H14ClN5O. The number of halogens is 1. The lowest BCUT2D eigenvalue weighted by atomic mass is 10.3. The zero-order valence-corrected chi connectivity index (χ0v) is 12.4. The van der Waals surface area contributed by atoms with E-state index in [1.807, 2.05) is 29.7 Å². The Bertz CT molecular complexity index is 757. The topological polar surface area (TPSA) is 65.7 Å². The van der Waals surface area contributed by atoms with Gasteiger partial charge in [0.25, 0.3) is 0 Å². The van der Waals surface area contributed by atoms with E-state index in [1.165, 1.54) is 0 Å². The van der Waals surface area contributed by atoms with Gasteiger partial charge in [-0.25, -0.2) is 4.98 Å². The van der Waals surface area contributed by atoms with Crippen LogP contribution >= 0.6 is 11.6 Å². The Hall–Kier alpha value is -2.21. The van der Waals surface area contributed by atoms with Gasteiger partial charge in [-0.2, -0.15) is 15.2 Å². The van der Waals surface area contributed by atoms with Gasteiger partial charge in [-0.3, -0.25) is 0 Å². The van der Waals surface area contributed by atoms with Crippen LogP contribution in [0, 0.1) is 0 Å². The van der Waals surface area contributed by atoms with Crippen LogP contribution in [0.15, 0.2) is 30.5 Å². The molecule has 0 bridgehead atoms. The molecule has 6 nitrogen and oxygen atoms in total. The number of nitrogens with zero attached hydrogens (tertiary/aromatic N) is 5. The summed E-state index contributed by atoms with van der Waals surface area (Å²) < 4.78 is 7.13. The Morgan fingerprint density at radius 1 is 1.29 bits per heavy atom. The average molecular weight is 304 g/mol. The molecule has 3 aromatic heterocycles. The zero-order valence-electron chi connectivity index (χ0n) is 11.7. The molecular weight excluding hydrogens is 290 g/mol. The van der Waals surface area contributed by atoms with Gasteiger partial charge in [0, 0.05) is 12.3 Å². The fraction of sp³-hybridized carbons (Fsp3) is 0.286. The number of hydrogen-bond donors (Lipinski definition) is 0. The summed E-state index contributed by atoms with van der Waals surface area (Å²) >= 11 is 6.24. The zero-order chi connectivity index (χ0) is 14.8. The molecule has 1 unspecified atom stereocenters. The molecule has 1 atom stereocenters. The summed E-state index contributed by atoms with van der Waals surface area (Å²) in [5.41, 5.74) is 2.32. The number of aromatic nitrogens is 5. The van der Waals surface area contributed by atoms with E-state index in [4.69, 9.17) is 16.3 Å². The van der Waals surface area contributed by atoms with E-state index in [1.54, 1.807) is 19.4 Å². The lowest BCUT2D eigenvalue weighted by Gasteiger charge is -2.09. The number of ether oxygens (including phenoxy) is 1. The summed E-state index contributed by atoms with van der Waals surface area (Å²) in [6, 6.07) is 7.41. The Balaban J connectivity index is 2.14. The molecule has 0 amide bonds. The van der Waals surface area contributed by atoms with Gasteiger partial charge in [0.1, 0.15) is 11.3 Å². The van der Waals surface area contributed by atoms with E-state index in [0.29, 0.717) is 12.4 Å². The van der Waals surface area contributed by atoms with Gasteiger partial charge < -0.3 is 9.30 Å². The van der Waals surface area contributed by atoms with Crippen molar-refractivity contribution in [1.82, 2.24) is 24.7 Å². The molecule has 0 radical (unpaired) electrons. The highest BCUT2D eigenvalue weighted by atomic mass is 35.5. The minimum absolute atomic E-state index is 0.234. The number of imidazole rings is 1. The molecule has 21 heavy (non-hydrogen) atoms. The molecule has 0 aromatic carbocycles. The van der Waals surface area contributed by atoms with Gasteiger partial charge in [0.2, 0.25) is 5.88 Å². The molecule has 3 aromatic rings. The third kappa shape index (κ3) is 2.67. The van der Waals surface area contributed by atoms with Crippen molar-refractivity contribution in [3.05, 3.63) is 42.0 Å². The molecule has 7 heteroatoms. The average Bonchev–Trinajstić information content (AvgIpc) is 2.86. The monoisotopic (exact) mass is 303 g/mol. The first kappa shape index (κ1) is 13.8. The van der Waals surface area contributed by atoms with Gasteiger partial charge in [0.05, 0.1) is 24.7 Å².